The molecule has 0 aromatic heterocycles. The molecule has 158 valence electrons. The van der Waals surface area contributed by atoms with Gasteiger partial charge in [-0.25, -0.2) is 0 Å². The summed E-state index contributed by atoms with van der Waals surface area (Å²) in [7, 11) is 0. The van der Waals surface area contributed by atoms with Crippen LogP contribution in [0.5, 0.6) is 11.5 Å². The number of carbonyl (C=O) groups is 1. The molecule has 0 saturated carbocycles. The molecule has 2 aromatic rings. The van der Waals surface area contributed by atoms with Crippen LogP contribution in [-0.2, 0) is 16.1 Å². The maximum absolute atomic E-state index is 12.8. The van der Waals surface area contributed by atoms with Gasteiger partial charge in [0.1, 0.15) is 24.0 Å². The number of nitriles is 1. The molecule has 2 aliphatic rings. The molecule has 0 fully saturated rings. The van der Waals surface area contributed by atoms with Crippen LogP contribution in [0.1, 0.15) is 43.2 Å². The second kappa shape index (κ2) is 8.97. The Bertz CT molecular complexity index is 1100. The Morgan fingerprint density at radius 1 is 1.13 bits per heavy atom. The molecule has 4 rings (SSSR count). The molecule has 1 aliphatic carbocycles. The van der Waals surface area contributed by atoms with Gasteiger partial charge in [0.2, 0.25) is 5.88 Å². The summed E-state index contributed by atoms with van der Waals surface area (Å²) in [6.45, 7) is 2.75. The van der Waals surface area contributed by atoms with Crippen molar-refractivity contribution < 1.29 is 19.0 Å². The lowest BCUT2D eigenvalue weighted by molar-refractivity contribution is -0.116. The molecule has 0 bridgehead atoms. The van der Waals surface area contributed by atoms with E-state index in [1.807, 2.05) is 55.5 Å². The Hall–Kier alpha value is -3.72. The van der Waals surface area contributed by atoms with Crippen LogP contribution in [-0.4, -0.2) is 12.4 Å². The summed E-state index contributed by atoms with van der Waals surface area (Å²) in [4.78, 5) is 12.8. The van der Waals surface area contributed by atoms with Crippen LogP contribution in [0.2, 0.25) is 0 Å². The molecule has 1 heterocycles. The van der Waals surface area contributed by atoms with Gasteiger partial charge in [0.15, 0.2) is 17.3 Å². The van der Waals surface area contributed by atoms with Gasteiger partial charge in [-0.1, -0.05) is 36.4 Å². The normalized spacial score (nSPS) is 18.2. The van der Waals surface area contributed by atoms with Crippen molar-refractivity contribution in [2.75, 3.05) is 6.61 Å². The predicted octanol–water partition coefficient (Wildman–Crippen LogP) is 4.48. The van der Waals surface area contributed by atoms with Crippen LogP contribution in [0.15, 0.2) is 71.3 Å². The lowest BCUT2D eigenvalue weighted by Crippen LogP contribution is -2.27. The summed E-state index contributed by atoms with van der Waals surface area (Å²) >= 11 is 0. The second-order valence-electron chi connectivity index (χ2n) is 7.45. The Labute approximate surface area is 181 Å². The van der Waals surface area contributed by atoms with E-state index >= 15 is 0 Å². The first-order valence-corrected chi connectivity index (χ1v) is 10.4. The second-order valence-corrected chi connectivity index (χ2v) is 7.45. The van der Waals surface area contributed by atoms with Gasteiger partial charge in [0.25, 0.3) is 0 Å². The minimum Gasteiger partial charge on any atom is -0.490 e. The molecule has 0 radical (unpaired) electrons. The van der Waals surface area contributed by atoms with E-state index in [9.17, 15) is 10.1 Å². The molecule has 31 heavy (non-hydrogen) atoms. The van der Waals surface area contributed by atoms with Crippen molar-refractivity contribution in [2.45, 2.75) is 38.7 Å². The van der Waals surface area contributed by atoms with Crippen molar-refractivity contribution >= 4 is 5.78 Å². The van der Waals surface area contributed by atoms with E-state index in [0.29, 0.717) is 48.9 Å². The fourth-order valence-electron chi connectivity index (χ4n) is 4.02. The average molecular weight is 416 g/mol. The van der Waals surface area contributed by atoms with Crippen LogP contribution >= 0.6 is 0 Å². The number of ether oxygens (including phenoxy) is 3. The number of allylic oxidation sites excluding steroid dienone is 3. The highest BCUT2D eigenvalue weighted by Crippen LogP contribution is 2.45. The lowest BCUT2D eigenvalue weighted by Gasteiger charge is -2.31. The zero-order chi connectivity index (χ0) is 21.8. The van der Waals surface area contributed by atoms with Crippen LogP contribution in [0.25, 0.3) is 0 Å². The first kappa shape index (κ1) is 20.5. The van der Waals surface area contributed by atoms with Crippen molar-refractivity contribution in [3.8, 4) is 17.6 Å². The molecule has 2 aromatic carbocycles. The quantitative estimate of drug-likeness (QED) is 0.746. The molecule has 0 saturated heterocycles. The van der Waals surface area contributed by atoms with Crippen molar-refractivity contribution in [1.29, 1.82) is 5.26 Å². The number of Topliss-reactive ketones (excluding diaryl/α,β-unsaturated/α-hetero) is 1. The Morgan fingerprint density at radius 3 is 2.68 bits per heavy atom. The summed E-state index contributed by atoms with van der Waals surface area (Å²) in [5, 5.41) is 9.75. The molecule has 0 spiro atoms. The highest BCUT2D eigenvalue weighted by Gasteiger charge is 2.38. The van der Waals surface area contributed by atoms with Gasteiger partial charge in [-0.05, 0) is 36.6 Å². The van der Waals surface area contributed by atoms with Gasteiger partial charge in [0.05, 0.1) is 12.5 Å². The third kappa shape index (κ3) is 4.13. The van der Waals surface area contributed by atoms with Gasteiger partial charge in [0, 0.05) is 18.4 Å². The molecule has 6 nitrogen and oxygen atoms in total. The van der Waals surface area contributed by atoms with Gasteiger partial charge in [-0.15, -0.1) is 0 Å². The first-order valence-electron chi connectivity index (χ1n) is 10.4. The number of nitrogens with zero attached hydrogens (tertiary/aromatic N) is 1. The molecular weight excluding hydrogens is 392 g/mol. The van der Waals surface area contributed by atoms with E-state index in [1.54, 1.807) is 0 Å². The molecule has 0 amide bonds. The third-order valence-corrected chi connectivity index (χ3v) is 5.44. The van der Waals surface area contributed by atoms with E-state index < -0.39 is 5.92 Å². The van der Waals surface area contributed by atoms with Crippen molar-refractivity contribution in [2.24, 2.45) is 5.73 Å². The molecule has 1 aliphatic heterocycles. The van der Waals surface area contributed by atoms with Crippen molar-refractivity contribution in [1.82, 2.24) is 0 Å². The highest BCUT2D eigenvalue weighted by atomic mass is 16.5. The van der Waals surface area contributed by atoms with E-state index in [0.717, 1.165) is 17.5 Å². The number of carbonyl (C=O) groups excluding carboxylic acids is 1. The summed E-state index contributed by atoms with van der Waals surface area (Å²) in [5.41, 5.74) is 8.61. The molecule has 6 heteroatoms. The third-order valence-electron chi connectivity index (χ3n) is 5.44. The Balaban J connectivity index is 1.71. The van der Waals surface area contributed by atoms with Crippen LogP contribution in [0, 0.1) is 11.3 Å². The van der Waals surface area contributed by atoms with Crippen LogP contribution < -0.4 is 15.2 Å². The SMILES string of the molecule is CCOc1cc([C@H]2C(C#N)=C(N)OC3=C2C(=O)CCC3)ccc1OCc1ccccc1. The van der Waals surface area contributed by atoms with Crippen molar-refractivity contribution in [3.63, 3.8) is 0 Å². The molecular formula is C25H24N2O4. The zero-order valence-electron chi connectivity index (χ0n) is 17.4. The number of hydrogen-bond acceptors (Lipinski definition) is 6. The van der Waals surface area contributed by atoms with Gasteiger partial charge in [-0.2, -0.15) is 5.26 Å². The average Bonchev–Trinajstić information content (AvgIpc) is 2.78. The van der Waals surface area contributed by atoms with Gasteiger partial charge in [-0.3, -0.25) is 4.79 Å². The fraction of sp³-hybridized carbons (Fsp3) is 0.280. The van der Waals surface area contributed by atoms with Gasteiger partial charge < -0.3 is 19.9 Å². The maximum Gasteiger partial charge on any atom is 0.205 e. The fourth-order valence-corrected chi connectivity index (χ4v) is 4.02. The molecule has 1 atom stereocenters. The number of benzene rings is 2. The minimum absolute atomic E-state index is 0.00568. The molecule has 2 N–H and O–H groups in total. The number of hydrogen-bond donors (Lipinski definition) is 1. The smallest absolute Gasteiger partial charge is 0.205 e. The van der Waals surface area contributed by atoms with Crippen LogP contribution in [0.3, 0.4) is 0 Å². The first-order chi connectivity index (χ1) is 15.1. The van der Waals surface area contributed by atoms with E-state index in [-0.39, 0.29) is 17.2 Å². The maximum atomic E-state index is 12.8. The molecule has 0 unspecified atom stereocenters. The zero-order valence-corrected chi connectivity index (χ0v) is 17.4. The van der Waals surface area contributed by atoms with E-state index in [4.69, 9.17) is 19.9 Å². The summed E-state index contributed by atoms with van der Waals surface area (Å²) in [5.74, 6) is 1.21. The lowest BCUT2D eigenvalue weighted by atomic mass is 9.77. The predicted molar refractivity (Wildman–Crippen MR) is 115 cm³/mol. The van der Waals surface area contributed by atoms with Gasteiger partial charge >= 0.3 is 0 Å². The Kier molecular flexibility index (Phi) is 5.94. The number of nitrogens with two attached hydrogens (primary N) is 1. The number of rotatable bonds is 6. The van der Waals surface area contributed by atoms with E-state index in [1.165, 1.54) is 0 Å². The standard InChI is InChI=1S/C25H24N2O4/c1-2-29-22-13-17(11-12-20(22)30-15-16-7-4-3-5-8-16)23-18(14-26)25(27)31-21-10-6-9-19(28)24(21)23/h3-5,7-8,11-13,23H,2,6,9-10,15,27H2,1H3/t23-/m0/s1. The summed E-state index contributed by atoms with van der Waals surface area (Å²) in [6.07, 6.45) is 1.79. The topological polar surface area (TPSA) is 94.6 Å². The van der Waals surface area contributed by atoms with E-state index in [2.05, 4.69) is 6.07 Å². The summed E-state index contributed by atoms with van der Waals surface area (Å²) in [6, 6.07) is 17.5. The van der Waals surface area contributed by atoms with Crippen molar-refractivity contribution in [3.05, 3.63) is 82.4 Å². The summed E-state index contributed by atoms with van der Waals surface area (Å²) < 4.78 is 17.5. The number of ketones is 1. The largest absolute Gasteiger partial charge is 0.490 e. The highest BCUT2D eigenvalue weighted by molar-refractivity contribution is 5.99. The Morgan fingerprint density at radius 2 is 1.94 bits per heavy atom. The minimum atomic E-state index is -0.566. The van der Waals surface area contributed by atoms with Crippen LogP contribution in [0.4, 0.5) is 0 Å². The monoisotopic (exact) mass is 416 g/mol.